The fourth-order valence-corrected chi connectivity index (χ4v) is 3.45. The highest BCUT2D eigenvalue weighted by molar-refractivity contribution is 7.17. The molecule has 1 saturated heterocycles. The van der Waals surface area contributed by atoms with Gasteiger partial charge in [0.25, 0.3) is 0 Å². The second-order valence-electron chi connectivity index (χ2n) is 4.33. The molecule has 0 bridgehead atoms. The average molecular weight is 235 g/mol. The van der Waals surface area contributed by atoms with Crippen molar-refractivity contribution in [3.05, 3.63) is 35.0 Å². The minimum atomic E-state index is -0.141. The van der Waals surface area contributed by atoms with Gasteiger partial charge in [-0.15, -0.1) is 11.3 Å². The summed E-state index contributed by atoms with van der Waals surface area (Å²) in [6.07, 6.45) is 3.76. The van der Waals surface area contributed by atoms with Crippen LogP contribution in [0.3, 0.4) is 0 Å². The van der Waals surface area contributed by atoms with Crippen molar-refractivity contribution in [2.24, 2.45) is 0 Å². The zero-order chi connectivity index (χ0) is 11.0. The van der Waals surface area contributed by atoms with Crippen molar-refractivity contribution in [3.8, 4) is 0 Å². The van der Waals surface area contributed by atoms with Gasteiger partial charge in [-0.3, -0.25) is 0 Å². The van der Waals surface area contributed by atoms with Crippen molar-refractivity contribution in [2.45, 2.75) is 25.3 Å². The Morgan fingerprint density at radius 2 is 2.25 bits per heavy atom. The Morgan fingerprint density at radius 3 is 3.06 bits per heavy atom. The van der Waals surface area contributed by atoms with Crippen LogP contribution in [-0.4, -0.2) is 6.54 Å². The van der Waals surface area contributed by atoms with Crippen LogP contribution in [0.15, 0.2) is 23.6 Å². The van der Waals surface area contributed by atoms with Crippen molar-refractivity contribution in [2.75, 3.05) is 6.54 Å². The van der Waals surface area contributed by atoms with Crippen LogP contribution in [0.4, 0.5) is 4.39 Å². The molecule has 0 saturated carbocycles. The fourth-order valence-electron chi connectivity index (χ4n) is 2.41. The molecule has 1 fully saturated rings. The first-order chi connectivity index (χ1) is 7.84. The van der Waals surface area contributed by atoms with E-state index < -0.39 is 0 Å². The molecular weight excluding hydrogens is 221 g/mol. The molecule has 1 N–H and O–H groups in total. The third-order valence-corrected chi connectivity index (χ3v) is 4.22. The molecule has 1 atom stereocenters. The van der Waals surface area contributed by atoms with Gasteiger partial charge in [-0.2, -0.15) is 0 Å². The zero-order valence-corrected chi connectivity index (χ0v) is 9.82. The maximum Gasteiger partial charge on any atom is 0.124 e. The van der Waals surface area contributed by atoms with E-state index in [9.17, 15) is 4.39 Å². The predicted octanol–water partition coefficient (Wildman–Crippen LogP) is 3.86. The molecule has 0 spiro atoms. The van der Waals surface area contributed by atoms with E-state index in [1.54, 1.807) is 23.5 Å². The largest absolute Gasteiger partial charge is 0.310 e. The minimum Gasteiger partial charge on any atom is -0.310 e. The quantitative estimate of drug-likeness (QED) is 0.791. The van der Waals surface area contributed by atoms with E-state index in [1.165, 1.54) is 30.2 Å². The Kier molecular flexibility index (Phi) is 2.65. The summed E-state index contributed by atoms with van der Waals surface area (Å²) in [5, 5.41) is 6.93. The number of benzene rings is 1. The van der Waals surface area contributed by atoms with Crippen LogP contribution in [0, 0.1) is 5.82 Å². The minimum absolute atomic E-state index is 0.141. The highest BCUT2D eigenvalue weighted by Gasteiger charge is 2.18. The van der Waals surface area contributed by atoms with Crippen molar-refractivity contribution >= 4 is 21.4 Å². The third kappa shape index (κ3) is 1.74. The summed E-state index contributed by atoms with van der Waals surface area (Å²) >= 11 is 1.64. The number of thiophene rings is 1. The molecule has 0 radical (unpaired) electrons. The molecule has 1 aliphatic heterocycles. The van der Waals surface area contributed by atoms with E-state index in [0.717, 1.165) is 11.2 Å². The van der Waals surface area contributed by atoms with E-state index in [1.807, 2.05) is 6.07 Å². The van der Waals surface area contributed by atoms with Gasteiger partial charge in [0, 0.05) is 10.7 Å². The van der Waals surface area contributed by atoms with Gasteiger partial charge in [0.2, 0.25) is 0 Å². The van der Waals surface area contributed by atoms with Crippen LogP contribution in [0.5, 0.6) is 0 Å². The number of piperidine rings is 1. The molecule has 1 aromatic heterocycles. The summed E-state index contributed by atoms with van der Waals surface area (Å²) in [7, 11) is 0. The van der Waals surface area contributed by atoms with Crippen LogP contribution >= 0.6 is 11.3 Å². The van der Waals surface area contributed by atoms with Gasteiger partial charge in [-0.05, 0) is 47.8 Å². The lowest BCUT2D eigenvalue weighted by Crippen LogP contribution is -2.26. The number of rotatable bonds is 1. The van der Waals surface area contributed by atoms with Crippen molar-refractivity contribution in [3.63, 3.8) is 0 Å². The maximum absolute atomic E-state index is 13.1. The molecule has 1 nitrogen and oxygen atoms in total. The molecular formula is C13H14FNS. The first-order valence-corrected chi connectivity index (χ1v) is 6.62. The van der Waals surface area contributed by atoms with E-state index in [0.29, 0.717) is 6.04 Å². The molecule has 16 heavy (non-hydrogen) atoms. The van der Waals surface area contributed by atoms with Crippen molar-refractivity contribution in [1.29, 1.82) is 0 Å². The zero-order valence-electron chi connectivity index (χ0n) is 9.00. The Bertz CT molecular complexity index is 500. The summed E-state index contributed by atoms with van der Waals surface area (Å²) in [4.78, 5) is 0. The summed E-state index contributed by atoms with van der Waals surface area (Å²) in [6, 6.07) is 5.56. The smallest absolute Gasteiger partial charge is 0.124 e. The highest BCUT2D eigenvalue weighted by Crippen LogP contribution is 2.34. The number of nitrogens with one attached hydrogen (secondary N) is 1. The molecule has 1 aliphatic rings. The van der Waals surface area contributed by atoms with Crippen LogP contribution < -0.4 is 5.32 Å². The van der Waals surface area contributed by atoms with Gasteiger partial charge in [0.05, 0.1) is 0 Å². The lowest BCUT2D eigenvalue weighted by atomic mass is 9.97. The van der Waals surface area contributed by atoms with Crippen LogP contribution in [0.1, 0.15) is 30.9 Å². The van der Waals surface area contributed by atoms with Gasteiger partial charge in [-0.25, -0.2) is 4.39 Å². The van der Waals surface area contributed by atoms with E-state index >= 15 is 0 Å². The lowest BCUT2D eigenvalue weighted by Gasteiger charge is -2.23. The molecule has 84 valence electrons. The second-order valence-corrected chi connectivity index (χ2v) is 5.25. The topological polar surface area (TPSA) is 12.0 Å². The standard InChI is InChI=1S/C13H14FNS/c14-9-4-5-10-11(8-16-13(10)7-9)12-3-1-2-6-15-12/h4-5,7-8,12,15H,1-3,6H2. The molecule has 3 rings (SSSR count). The van der Waals surface area contributed by atoms with E-state index in [2.05, 4.69) is 10.7 Å². The van der Waals surface area contributed by atoms with Crippen molar-refractivity contribution < 1.29 is 4.39 Å². The number of hydrogen-bond donors (Lipinski definition) is 1. The Morgan fingerprint density at radius 1 is 1.31 bits per heavy atom. The molecule has 3 heteroatoms. The third-order valence-electron chi connectivity index (χ3n) is 3.25. The predicted molar refractivity (Wildman–Crippen MR) is 66.4 cm³/mol. The van der Waals surface area contributed by atoms with Crippen LogP contribution in [0.25, 0.3) is 10.1 Å². The second kappa shape index (κ2) is 4.15. The summed E-state index contributed by atoms with van der Waals surface area (Å²) in [6.45, 7) is 1.10. The molecule has 1 unspecified atom stereocenters. The van der Waals surface area contributed by atoms with E-state index in [4.69, 9.17) is 0 Å². The molecule has 1 aromatic carbocycles. The van der Waals surface area contributed by atoms with Crippen LogP contribution in [-0.2, 0) is 0 Å². The maximum atomic E-state index is 13.1. The molecule has 0 aliphatic carbocycles. The Balaban J connectivity index is 2.03. The SMILES string of the molecule is Fc1ccc2c(C3CCCCN3)csc2c1. The first kappa shape index (κ1) is 10.2. The number of fused-ring (bicyclic) bond motifs is 1. The van der Waals surface area contributed by atoms with Crippen molar-refractivity contribution in [1.82, 2.24) is 5.32 Å². The lowest BCUT2D eigenvalue weighted by molar-refractivity contribution is 0.415. The Hall–Kier alpha value is -0.930. The Labute approximate surface area is 98.3 Å². The number of hydrogen-bond acceptors (Lipinski definition) is 2. The van der Waals surface area contributed by atoms with Crippen LogP contribution in [0.2, 0.25) is 0 Å². The molecule has 2 aromatic rings. The highest BCUT2D eigenvalue weighted by atomic mass is 32.1. The summed E-state index contributed by atoms with van der Waals surface area (Å²) in [5.74, 6) is -0.141. The first-order valence-electron chi connectivity index (χ1n) is 5.74. The van der Waals surface area contributed by atoms with Gasteiger partial charge < -0.3 is 5.32 Å². The normalized spacial score (nSPS) is 21.4. The molecule has 0 amide bonds. The van der Waals surface area contributed by atoms with E-state index in [-0.39, 0.29) is 5.82 Å². The van der Waals surface area contributed by atoms with Gasteiger partial charge in [0.15, 0.2) is 0 Å². The van der Waals surface area contributed by atoms with Gasteiger partial charge in [-0.1, -0.05) is 12.5 Å². The summed E-state index contributed by atoms with van der Waals surface area (Å²) in [5.41, 5.74) is 1.35. The van der Waals surface area contributed by atoms with Gasteiger partial charge in [0.1, 0.15) is 5.82 Å². The van der Waals surface area contributed by atoms with Gasteiger partial charge >= 0.3 is 0 Å². The summed E-state index contributed by atoms with van der Waals surface area (Å²) < 4.78 is 14.1. The molecule has 2 heterocycles. The fraction of sp³-hybridized carbons (Fsp3) is 0.385. The number of halogens is 1. The average Bonchev–Trinajstić information content (AvgIpc) is 2.73. The monoisotopic (exact) mass is 235 g/mol.